The van der Waals surface area contributed by atoms with Crippen molar-refractivity contribution in [3.8, 4) is 0 Å². The number of nitrogens with zero attached hydrogens (tertiary/aromatic N) is 2. The van der Waals surface area contributed by atoms with Crippen LogP contribution < -0.4 is 0 Å². The van der Waals surface area contributed by atoms with Gasteiger partial charge in [0.15, 0.2) is 0 Å². The van der Waals surface area contributed by atoms with E-state index in [-0.39, 0.29) is 47.0 Å². The van der Waals surface area contributed by atoms with Gasteiger partial charge in [-0.1, -0.05) is 69.2 Å². The third-order valence-corrected chi connectivity index (χ3v) is 9.62. The third-order valence-electron chi connectivity index (χ3n) is 9.62. The Morgan fingerprint density at radius 1 is 0.833 bits per heavy atom. The molecule has 2 amide bonds. The topological polar surface area (TPSA) is 113 Å². The molecule has 1 aliphatic heterocycles. The van der Waals surface area contributed by atoms with Gasteiger partial charge in [0.1, 0.15) is 5.78 Å². The molecule has 9 heteroatoms. The maximum Gasteiger partial charge on any atom is 0.306 e. The van der Waals surface area contributed by atoms with Crippen molar-refractivity contribution in [1.29, 1.82) is 0 Å². The average molecular weight is 683 g/mol. The Labute approximate surface area is 294 Å². The highest BCUT2D eigenvalue weighted by Crippen LogP contribution is 2.41. The van der Waals surface area contributed by atoms with Crippen LogP contribution in [0.1, 0.15) is 149 Å². The standard InChI is InChI=1S/C32H60N2O4.C7H14O3/c1-23(2)30(8,9)22-32(12,13)27(36)33-16-14-26(15-17-33)34(18-19-38-24(3)4)28(37)31(10,11)21-29(6,7)20-25(5)35;1-4-10-7(2,3)5-6(8)9/h23-24,26H,14-22H2,1-13H3;4-5H2,1-3H3,(H,8,9). The van der Waals surface area contributed by atoms with E-state index in [1.54, 1.807) is 20.8 Å². The van der Waals surface area contributed by atoms with Crippen LogP contribution in [0.3, 0.4) is 0 Å². The number of hydrogen-bond donors (Lipinski definition) is 1. The molecule has 0 radical (unpaired) electrons. The molecule has 1 N–H and O–H groups in total. The first-order chi connectivity index (χ1) is 21.6. The van der Waals surface area contributed by atoms with Crippen molar-refractivity contribution in [1.82, 2.24) is 9.80 Å². The lowest BCUT2D eigenvalue weighted by Crippen LogP contribution is -2.54. The highest BCUT2D eigenvalue weighted by molar-refractivity contribution is 5.83. The molecule has 0 spiro atoms. The summed E-state index contributed by atoms with van der Waals surface area (Å²) in [6.45, 7) is 35.2. The number of rotatable bonds is 18. The number of ketones is 1. The molecule has 1 fully saturated rings. The van der Waals surface area contributed by atoms with E-state index in [0.717, 1.165) is 19.3 Å². The molecule has 48 heavy (non-hydrogen) atoms. The molecule has 0 atom stereocenters. The van der Waals surface area contributed by atoms with E-state index in [1.807, 2.05) is 44.4 Å². The lowest BCUT2D eigenvalue weighted by molar-refractivity contribution is -0.150. The lowest BCUT2D eigenvalue weighted by atomic mass is 9.69. The van der Waals surface area contributed by atoms with Gasteiger partial charge in [-0.2, -0.15) is 0 Å². The minimum Gasteiger partial charge on any atom is -0.481 e. The van der Waals surface area contributed by atoms with Crippen molar-refractivity contribution in [2.75, 3.05) is 32.8 Å². The fourth-order valence-corrected chi connectivity index (χ4v) is 7.27. The third kappa shape index (κ3) is 16.6. The van der Waals surface area contributed by atoms with Crippen LogP contribution in [0.15, 0.2) is 0 Å². The molecule has 0 unspecified atom stereocenters. The first kappa shape index (κ1) is 46.0. The Balaban J connectivity index is 0.00000190. The molecule has 0 aromatic heterocycles. The fourth-order valence-electron chi connectivity index (χ4n) is 7.27. The predicted octanol–water partition coefficient (Wildman–Crippen LogP) is 8.03. The number of aliphatic carboxylic acids is 1. The van der Waals surface area contributed by atoms with Crippen LogP contribution in [0.4, 0.5) is 0 Å². The summed E-state index contributed by atoms with van der Waals surface area (Å²) in [7, 11) is 0. The van der Waals surface area contributed by atoms with Gasteiger partial charge >= 0.3 is 5.97 Å². The van der Waals surface area contributed by atoms with Gasteiger partial charge < -0.3 is 29.2 Å². The van der Waals surface area contributed by atoms with Gasteiger partial charge in [0.05, 0.1) is 24.7 Å². The van der Waals surface area contributed by atoms with Crippen molar-refractivity contribution in [2.45, 2.75) is 167 Å². The minimum absolute atomic E-state index is 0.0564. The number of Topliss-reactive ketones (excluding diaryl/α,β-unsaturated/α-hetero) is 1. The number of carboxylic acids is 1. The highest BCUT2D eigenvalue weighted by Gasteiger charge is 2.43. The molecular formula is C39H74N2O7. The summed E-state index contributed by atoms with van der Waals surface area (Å²) in [5.74, 6) is 0.162. The van der Waals surface area contributed by atoms with Crippen LogP contribution in [-0.2, 0) is 28.7 Å². The Morgan fingerprint density at radius 2 is 1.35 bits per heavy atom. The van der Waals surface area contributed by atoms with Gasteiger partial charge in [0.25, 0.3) is 0 Å². The Hall–Kier alpha value is -2.00. The maximum atomic E-state index is 14.0. The molecule has 0 saturated carbocycles. The number of likely N-dealkylation sites (tertiary alicyclic amines) is 1. The van der Waals surface area contributed by atoms with Crippen molar-refractivity contribution >= 4 is 23.6 Å². The van der Waals surface area contributed by atoms with E-state index in [0.29, 0.717) is 51.6 Å². The van der Waals surface area contributed by atoms with Gasteiger partial charge in [0.2, 0.25) is 11.8 Å². The maximum absolute atomic E-state index is 14.0. The van der Waals surface area contributed by atoms with Crippen LogP contribution in [0.5, 0.6) is 0 Å². The van der Waals surface area contributed by atoms with Crippen LogP contribution in [-0.4, -0.2) is 89.1 Å². The van der Waals surface area contributed by atoms with Gasteiger partial charge in [-0.15, -0.1) is 0 Å². The second-order valence-electron chi connectivity index (χ2n) is 18.0. The van der Waals surface area contributed by atoms with E-state index in [2.05, 4.69) is 55.4 Å². The number of hydrogen-bond acceptors (Lipinski definition) is 6. The molecular weight excluding hydrogens is 608 g/mol. The number of piperidine rings is 1. The average Bonchev–Trinajstić information content (AvgIpc) is 2.88. The molecule has 282 valence electrons. The predicted molar refractivity (Wildman–Crippen MR) is 195 cm³/mol. The second-order valence-corrected chi connectivity index (χ2v) is 18.0. The smallest absolute Gasteiger partial charge is 0.306 e. The quantitative estimate of drug-likeness (QED) is 0.156. The van der Waals surface area contributed by atoms with Crippen LogP contribution in [0.2, 0.25) is 0 Å². The summed E-state index contributed by atoms with van der Waals surface area (Å²) in [5, 5.41) is 8.40. The Kier molecular flexibility index (Phi) is 18.1. The first-order valence-corrected chi connectivity index (χ1v) is 18.2. The summed E-state index contributed by atoms with van der Waals surface area (Å²) in [6, 6.07) is 0.0766. The zero-order valence-electron chi connectivity index (χ0n) is 33.8. The second kappa shape index (κ2) is 18.8. The minimum atomic E-state index is -0.821. The van der Waals surface area contributed by atoms with E-state index in [9.17, 15) is 19.2 Å². The SMILES string of the molecule is CC(=O)CC(C)(C)CC(C)(C)C(=O)N(CCOC(C)C)C1CCN(C(=O)C(C)(C)CC(C)(C)C(C)C)CC1.CCOC(C)(C)CC(=O)O. The highest BCUT2D eigenvalue weighted by atomic mass is 16.5. The Morgan fingerprint density at radius 3 is 1.77 bits per heavy atom. The van der Waals surface area contributed by atoms with E-state index in [1.165, 1.54) is 0 Å². The van der Waals surface area contributed by atoms with E-state index in [4.69, 9.17) is 14.6 Å². The summed E-state index contributed by atoms with van der Waals surface area (Å²) < 4.78 is 11.0. The molecule has 9 nitrogen and oxygen atoms in total. The molecule has 0 bridgehead atoms. The fraction of sp³-hybridized carbons (Fsp3) is 0.897. The monoisotopic (exact) mass is 683 g/mol. The first-order valence-electron chi connectivity index (χ1n) is 18.2. The van der Waals surface area contributed by atoms with Gasteiger partial charge in [-0.25, -0.2) is 0 Å². The van der Waals surface area contributed by atoms with Crippen molar-refractivity contribution < 1.29 is 33.8 Å². The normalized spacial score (nSPS) is 15.3. The summed E-state index contributed by atoms with van der Waals surface area (Å²) in [4.78, 5) is 53.6. The van der Waals surface area contributed by atoms with E-state index >= 15 is 0 Å². The molecule has 1 aliphatic rings. The number of amides is 2. The van der Waals surface area contributed by atoms with E-state index < -0.39 is 22.4 Å². The van der Waals surface area contributed by atoms with Gasteiger partial charge in [0, 0.05) is 49.5 Å². The molecule has 1 heterocycles. The number of ether oxygens (including phenoxy) is 2. The summed E-state index contributed by atoms with van der Waals surface area (Å²) >= 11 is 0. The Bertz CT molecular complexity index is 1030. The zero-order chi connectivity index (χ0) is 37.9. The lowest BCUT2D eigenvalue weighted by Gasteiger charge is -2.45. The van der Waals surface area contributed by atoms with Crippen molar-refractivity contribution in [3.05, 3.63) is 0 Å². The molecule has 1 rings (SSSR count). The van der Waals surface area contributed by atoms with Gasteiger partial charge in [-0.05, 0) is 84.0 Å². The molecule has 0 aliphatic carbocycles. The summed E-state index contributed by atoms with van der Waals surface area (Å²) in [6.07, 6.45) is 3.65. The largest absolute Gasteiger partial charge is 0.481 e. The molecule has 0 aromatic carbocycles. The van der Waals surface area contributed by atoms with Crippen LogP contribution in [0.25, 0.3) is 0 Å². The summed E-state index contributed by atoms with van der Waals surface area (Å²) in [5.41, 5.74) is -1.73. The number of carbonyl (C=O) groups is 4. The van der Waals surface area contributed by atoms with Gasteiger partial charge in [-0.3, -0.25) is 14.4 Å². The van der Waals surface area contributed by atoms with Crippen molar-refractivity contribution in [2.24, 2.45) is 27.6 Å². The van der Waals surface area contributed by atoms with Crippen LogP contribution >= 0.6 is 0 Å². The zero-order valence-corrected chi connectivity index (χ0v) is 33.8. The van der Waals surface area contributed by atoms with Crippen LogP contribution in [0, 0.1) is 27.6 Å². The number of carbonyl (C=O) groups excluding carboxylic acids is 3. The van der Waals surface area contributed by atoms with Crippen molar-refractivity contribution in [3.63, 3.8) is 0 Å². The molecule has 0 aromatic rings. The molecule has 1 saturated heterocycles. The number of carboxylic acid groups (broad SMARTS) is 1.